The summed E-state index contributed by atoms with van der Waals surface area (Å²) >= 11 is 0. The van der Waals surface area contributed by atoms with E-state index in [-0.39, 0.29) is 52.8 Å². The van der Waals surface area contributed by atoms with Crippen molar-refractivity contribution in [2.24, 2.45) is 20.7 Å². The summed E-state index contributed by atoms with van der Waals surface area (Å²) in [6, 6.07) is 0. The van der Waals surface area contributed by atoms with Crippen molar-refractivity contribution >= 4 is 0 Å². The number of hydrogen-bond donors (Lipinski definition) is 0. The van der Waals surface area contributed by atoms with Crippen LogP contribution in [0.15, 0.2) is 20.7 Å². The van der Waals surface area contributed by atoms with Gasteiger partial charge in [0.25, 0.3) is 0 Å². The van der Waals surface area contributed by atoms with Crippen molar-refractivity contribution in [2.45, 2.75) is 0 Å². The molecule has 0 aromatic heterocycles. The van der Waals surface area contributed by atoms with Gasteiger partial charge in [-0.25, -0.2) is 0 Å². The second kappa shape index (κ2) is 4.01. The van der Waals surface area contributed by atoms with E-state index < -0.39 is 0 Å². The number of nitrogens with zero attached hydrogens (tertiary/aromatic N) is 4. The predicted octanol–water partition coefficient (Wildman–Crippen LogP) is -2.11. The molecule has 5 heteroatoms. The molecular formula is CH3KN4. The standard InChI is InChI=1S/CH2N4.K.H/c1-2-4-5-3-1;;/h1H2;;/q;+1;-1. The minimum atomic E-state index is 0. The van der Waals surface area contributed by atoms with E-state index >= 15 is 0 Å². The van der Waals surface area contributed by atoms with E-state index in [9.17, 15) is 0 Å². The van der Waals surface area contributed by atoms with Crippen molar-refractivity contribution in [1.82, 2.24) is 0 Å². The monoisotopic (exact) mass is 110 g/mol. The van der Waals surface area contributed by atoms with E-state index in [2.05, 4.69) is 20.7 Å². The van der Waals surface area contributed by atoms with Crippen LogP contribution in [0.1, 0.15) is 1.43 Å². The van der Waals surface area contributed by atoms with Gasteiger partial charge in [0.05, 0.1) is 0 Å². The van der Waals surface area contributed by atoms with Gasteiger partial charge >= 0.3 is 51.4 Å². The molecule has 1 aliphatic rings. The average molecular weight is 110 g/mol. The molecule has 0 amide bonds. The van der Waals surface area contributed by atoms with Gasteiger partial charge in [-0.05, 0) is 10.4 Å². The van der Waals surface area contributed by atoms with Crippen LogP contribution in [0, 0.1) is 0 Å². The van der Waals surface area contributed by atoms with Crippen LogP contribution in [-0.4, -0.2) is 6.67 Å². The van der Waals surface area contributed by atoms with Crippen LogP contribution in [0.2, 0.25) is 0 Å². The molecule has 0 fully saturated rings. The molecule has 6 heavy (non-hydrogen) atoms. The molecule has 1 aliphatic heterocycles. The molecular weight excluding hydrogens is 107 g/mol. The van der Waals surface area contributed by atoms with E-state index in [4.69, 9.17) is 0 Å². The maximum Gasteiger partial charge on any atom is 1.00 e. The zero-order chi connectivity index (χ0) is 3.54. The Balaban J connectivity index is 0. The molecule has 0 unspecified atom stereocenters. The molecule has 0 aliphatic carbocycles. The average Bonchev–Trinajstić information content (AvgIpc) is 1.76. The normalized spacial score (nSPS) is 14.7. The molecule has 0 atom stereocenters. The Labute approximate surface area is 79.0 Å². The second-order valence-electron chi connectivity index (χ2n) is 0.603. The number of rotatable bonds is 0. The van der Waals surface area contributed by atoms with Gasteiger partial charge < -0.3 is 1.43 Å². The predicted molar refractivity (Wildman–Crippen MR) is 15.7 cm³/mol. The van der Waals surface area contributed by atoms with Crippen molar-refractivity contribution in [1.29, 1.82) is 0 Å². The molecule has 0 saturated carbocycles. The smallest absolute Gasteiger partial charge is 1.00 e. The summed E-state index contributed by atoms with van der Waals surface area (Å²) in [4.78, 5) is 0. The summed E-state index contributed by atoms with van der Waals surface area (Å²) in [7, 11) is 0. The Kier molecular flexibility index (Phi) is 4.57. The Bertz CT molecular complexity index is 69.8. The molecule has 4 nitrogen and oxygen atoms in total. The first kappa shape index (κ1) is 6.84. The van der Waals surface area contributed by atoms with Gasteiger partial charge in [0.1, 0.15) is 0 Å². The van der Waals surface area contributed by atoms with Crippen molar-refractivity contribution < 1.29 is 52.8 Å². The summed E-state index contributed by atoms with van der Waals surface area (Å²) in [6.07, 6.45) is 0. The molecule has 0 radical (unpaired) electrons. The molecule has 0 spiro atoms. The summed E-state index contributed by atoms with van der Waals surface area (Å²) < 4.78 is 0. The van der Waals surface area contributed by atoms with Gasteiger partial charge in [0.15, 0.2) is 6.67 Å². The van der Waals surface area contributed by atoms with Crippen molar-refractivity contribution in [3.8, 4) is 0 Å². The molecule has 1 heterocycles. The molecule has 0 N–H and O–H groups in total. The summed E-state index contributed by atoms with van der Waals surface area (Å²) in [6.45, 7) is 0.417. The summed E-state index contributed by atoms with van der Waals surface area (Å²) in [5, 5.41) is 13.1. The van der Waals surface area contributed by atoms with E-state index in [1.54, 1.807) is 0 Å². The fraction of sp³-hybridized carbons (Fsp3) is 1.00. The topological polar surface area (TPSA) is 49.4 Å². The summed E-state index contributed by atoms with van der Waals surface area (Å²) in [5.74, 6) is 0. The number of hydrogen-bond acceptors (Lipinski definition) is 4. The maximum absolute atomic E-state index is 3.38. The van der Waals surface area contributed by atoms with Crippen LogP contribution in [0.5, 0.6) is 0 Å². The van der Waals surface area contributed by atoms with E-state index in [0.717, 1.165) is 0 Å². The molecule has 28 valence electrons. The quantitative estimate of drug-likeness (QED) is 0.321. The Morgan fingerprint density at radius 1 is 1.17 bits per heavy atom. The van der Waals surface area contributed by atoms with Gasteiger partial charge in [-0.3, -0.25) is 0 Å². The Morgan fingerprint density at radius 2 is 1.67 bits per heavy atom. The van der Waals surface area contributed by atoms with Crippen molar-refractivity contribution in [2.75, 3.05) is 6.67 Å². The first-order chi connectivity index (χ1) is 2.50. The van der Waals surface area contributed by atoms with Crippen LogP contribution >= 0.6 is 0 Å². The molecule has 1 rings (SSSR count). The van der Waals surface area contributed by atoms with Gasteiger partial charge in [0.2, 0.25) is 0 Å². The zero-order valence-electron chi connectivity index (χ0n) is 4.50. The van der Waals surface area contributed by atoms with Crippen molar-refractivity contribution in [3.05, 3.63) is 0 Å². The second-order valence-corrected chi connectivity index (χ2v) is 0.603. The molecule has 0 aromatic rings. The SMILES string of the molecule is C1N=NN=N1.[H-].[K+]. The third-order valence-corrected chi connectivity index (χ3v) is 0.293. The van der Waals surface area contributed by atoms with E-state index in [0.29, 0.717) is 6.67 Å². The molecule has 0 bridgehead atoms. The van der Waals surface area contributed by atoms with Crippen LogP contribution in [0.4, 0.5) is 0 Å². The minimum absolute atomic E-state index is 0. The molecule has 0 saturated heterocycles. The van der Waals surface area contributed by atoms with Crippen LogP contribution in [0.25, 0.3) is 0 Å². The maximum atomic E-state index is 3.38. The van der Waals surface area contributed by atoms with Gasteiger partial charge in [-0.1, -0.05) is 0 Å². The first-order valence-electron chi connectivity index (χ1n) is 1.23. The third kappa shape index (κ3) is 2.09. The third-order valence-electron chi connectivity index (χ3n) is 0.293. The van der Waals surface area contributed by atoms with Crippen LogP contribution in [0.3, 0.4) is 0 Å². The van der Waals surface area contributed by atoms with E-state index in [1.165, 1.54) is 0 Å². The van der Waals surface area contributed by atoms with Gasteiger partial charge in [-0.2, -0.15) is 0 Å². The van der Waals surface area contributed by atoms with Gasteiger partial charge in [-0.15, -0.1) is 10.2 Å². The summed E-state index contributed by atoms with van der Waals surface area (Å²) in [5.41, 5.74) is 0. The minimum Gasteiger partial charge on any atom is -1.00 e. The van der Waals surface area contributed by atoms with E-state index in [1.807, 2.05) is 0 Å². The van der Waals surface area contributed by atoms with Crippen LogP contribution in [-0.2, 0) is 0 Å². The Hall–Kier alpha value is 0.836. The Morgan fingerprint density at radius 3 is 1.83 bits per heavy atom. The molecule has 0 aromatic carbocycles. The van der Waals surface area contributed by atoms with Crippen molar-refractivity contribution in [3.63, 3.8) is 0 Å². The first-order valence-corrected chi connectivity index (χ1v) is 1.23. The fourth-order valence-electron chi connectivity index (χ4n) is 0.141. The van der Waals surface area contributed by atoms with Gasteiger partial charge in [0, 0.05) is 0 Å². The van der Waals surface area contributed by atoms with Crippen LogP contribution < -0.4 is 51.4 Å². The fourth-order valence-corrected chi connectivity index (χ4v) is 0.141. The largest absolute Gasteiger partial charge is 1.00 e. The zero-order valence-corrected chi connectivity index (χ0v) is 6.62.